The fourth-order valence-corrected chi connectivity index (χ4v) is 2.67. The van der Waals surface area contributed by atoms with Crippen LogP contribution in [0.4, 0.5) is 0 Å². The second-order valence-corrected chi connectivity index (χ2v) is 5.71. The molecular formula is C16H21N3O2. The van der Waals surface area contributed by atoms with Crippen molar-refractivity contribution in [1.29, 1.82) is 0 Å². The second kappa shape index (κ2) is 6.37. The highest BCUT2D eigenvalue weighted by Crippen LogP contribution is 2.15. The molecule has 5 heteroatoms. The number of likely N-dealkylation sites (tertiary alicyclic amines) is 1. The van der Waals surface area contributed by atoms with Gasteiger partial charge in [-0.05, 0) is 30.9 Å². The summed E-state index contributed by atoms with van der Waals surface area (Å²) in [4.78, 5) is 6.73. The molecule has 0 aliphatic carbocycles. The van der Waals surface area contributed by atoms with Crippen molar-refractivity contribution in [2.75, 3.05) is 13.1 Å². The minimum atomic E-state index is -0.152. The lowest BCUT2D eigenvalue weighted by Gasteiger charge is -2.27. The van der Waals surface area contributed by atoms with E-state index in [9.17, 15) is 5.11 Å². The molecule has 0 bridgehead atoms. The number of hydrogen-bond donors (Lipinski definition) is 1. The lowest BCUT2D eigenvalue weighted by molar-refractivity contribution is 0.0740. The number of rotatable bonds is 4. The van der Waals surface area contributed by atoms with Crippen molar-refractivity contribution in [2.24, 2.45) is 0 Å². The number of piperidine rings is 1. The first-order chi connectivity index (χ1) is 10.2. The Hall–Kier alpha value is -1.72. The van der Waals surface area contributed by atoms with Crippen LogP contribution in [0.15, 0.2) is 28.8 Å². The minimum Gasteiger partial charge on any atom is -0.393 e. The number of aliphatic hydroxyl groups excluding tert-OH is 1. The molecule has 2 aromatic rings. The van der Waals surface area contributed by atoms with Crippen LogP contribution in [-0.2, 0) is 13.0 Å². The molecule has 0 saturated carbocycles. The van der Waals surface area contributed by atoms with Gasteiger partial charge >= 0.3 is 0 Å². The minimum absolute atomic E-state index is 0.152. The average molecular weight is 287 g/mol. The number of aromatic nitrogens is 2. The summed E-state index contributed by atoms with van der Waals surface area (Å²) in [7, 11) is 0. The summed E-state index contributed by atoms with van der Waals surface area (Å²) < 4.78 is 5.34. The maximum atomic E-state index is 9.51. The van der Waals surface area contributed by atoms with E-state index in [1.54, 1.807) is 0 Å². The van der Waals surface area contributed by atoms with Crippen LogP contribution in [0.25, 0.3) is 0 Å². The molecule has 3 rings (SSSR count). The van der Waals surface area contributed by atoms with Crippen molar-refractivity contribution < 1.29 is 9.63 Å². The zero-order valence-corrected chi connectivity index (χ0v) is 12.3. The molecule has 0 atom stereocenters. The Kier molecular flexibility index (Phi) is 4.31. The number of nitrogens with zero attached hydrogens (tertiary/aromatic N) is 3. The van der Waals surface area contributed by atoms with E-state index in [1.807, 2.05) is 12.1 Å². The van der Waals surface area contributed by atoms with E-state index >= 15 is 0 Å². The van der Waals surface area contributed by atoms with Crippen LogP contribution in [0.1, 0.15) is 35.7 Å². The smallest absolute Gasteiger partial charge is 0.240 e. The molecule has 5 nitrogen and oxygen atoms in total. The Morgan fingerprint density at radius 3 is 2.81 bits per heavy atom. The maximum Gasteiger partial charge on any atom is 0.240 e. The molecule has 1 aromatic carbocycles. The molecule has 1 aliphatic rings. The maximum absolute atomic E-state index is 9.51. The molecule has 1 aromatic heterocycles. The third-order valence-electron chi connectivity index (χ3n) is 4.04. The van der Waals surface area contributed by atoms with Gasteiger partial charge in [0.05, 0.1) is 12.6 Å². The van der Waals surface area contributed by atoms with E-state index < -0.39 is 0 Å². The van der Waals surface area contributed by atoms with Crippen LogP contribution in [0.5, 0.6) is 0 Å². The lowest BCUT2D eigenvalue weighted by Crippen LogP contribution is -2.35. The zero-order valence-electron chi connectivity index (χ0n) is 12.3. The molecule has 0 spiro atoms. The van der Waals surface area contributed by atoms with Crippen molar-refractivity contribution in [3.8, 4) is 0 Å². The second-order valence-electron chi connectivity index (χ2n) is 5.71. The summed E-state index contributed by atoms with van der Waals surface area (Å²) in [5, 5.41) is 13.6. The van der Waals surface area contributed by atoms with Gasteiger partial charge in [-0.25, -0.2) is 0 Å². The standard InChI is InChI=1S/C16H21N3O2/c1-12-4-2-3-5-13(12)10-15-17-16(21-18-15)11-19-8-6-14(20)7-9-19/h2-5,14,20H,6-11H2,1H3. The number of aryl methyl sites for hydroxylation is 1. The van der Waals surface area contributed by atoms with Crippen LogP contribution in [0.2, 0.25) is 0 Å². The predicted molar refractivity (Wildman–Crippen MR) is 78.8 cm³/mol. The monoisotopic (exact) mass is 287 g/mol. The molecule has 1 fully saturated rings. The van der Waals surface area contributed by atoms with Crippen LogP contribution in [0.3, 0.4) is 0 Å². The van der Waals surface area contributed by atoms with Gasteiger partial charge in [-0.15, -0.1) is 0 Å². The molecule has 1 saturated heterocycles. The largest absolute Gasteiger partial charge is 0.393 e. The van der Waals surface area contributed by atoms with Gasteiger partial charge in [0.1, 0.15) is 0 Å². The van der Waals surface area contributed by atoms with E-state index in [-0.39, 0.29) is 6.10 Å². The summed E-state index contributed by atoms with van der Waals surface area (Å²) >= 11 is 0. The first kappa shape index (κ1) is 14.2. The molecule has 0 radical (unpaired) electrons. The highest BCUT2D eigenvalue weighted by molar-refractivity contribution is 5.27. The fraction of sp³-hybridized carbons (Fsp3) is 0.500. The van der Waals surface area contributed by atoms with Crippen LogP contribution in [0, 0.1) is 6.92 Å². The highest BCUT2D eigenvalue weighted by Gasteiger charge is 2.19. The van der Waals surface area contributed by atoms with Gasteiger partial charge in [0.25, 0.3) is 0 Å². The van der Waals surface area contributed by atoms with E-state index in [0.29, 0.717) is 18.9 Å². The molecule has 0 amide bonds. The van der Waals surface area contributed by atoms with Gasteiger partial charge in [-0.1, -0.05) is 29.4 Å². The quantitative estimate of drug-likeness (QED) is 0.931. The van der Waals surface area contributed by atoms with Gasteiger partial charge in [0, 0.05) is 19.5 Å². The zero-order chi connectivity index (χ0) is 14.7. The van der Waals surface area contributed by atoms with E-state index in [1.165, 1.54) is 11.1 Å². The summed E-state index contributed by atoms with van der Waals surface area (Å²) in [6.07, 6.45) is 2.20. The molecular weight excluding hydrogens is 266 g/mol. The van der Waals surface area contributed by atoms with Crippen LogP contribution in [-0.4, -0.2) is 39.3 Å². The van der Waals surface area contributed by atoms with Crippen LogP contribution < -0.4 is 0 Å². The van der Waals surface area contributed by atoms with Crippen molar-refractivity contribution in [3.63, 3.8) is 0 Å². The van der Waals surface area contributed by atoms with Crippen molar-refractivity contribution in [3.05, 3.63) is 47.1 Å². The molecule has 1 aliphatic heterocycles. The Labute approximate surface area is 124 Å². The molecule has 1 N–H and O–H groups in total. The first-order valence-electron chi connectivity index (χ1n) is 7.47. The topological polar surface area (TPSA) is 62.4 Å². The normalized spacial score (nSPS) is 17.2. The predicted octanol–water partition coefficient (Wildman–Crippen LogP) is 1.93. The Balaban J connectivity index is 1.60. The van der Waals surface area contributed by atoms with Gasteiger partial charge in [0.15, 0.2) is 5.82 Å². The average Bonchev–Trinajstić information content (AvgIpc) is 2.91. The van der Waals surface area contributed by atoms with Crippen molar-refractivity contribution in [2.45, 2.75) is 38.8 Å². The molecule has 0 unspecified atom stereocenters. The summed E-state index contributed by atoms with van der Waals surface area (Å²) in [5.41, 5.74) is 2.47. The van der Waals surface area contributed by atoms with Gasteiger partial charge < -0.3 is 9.63 Å². The lowest BCUT2D eigenvalue weighted by atomic mass is 10.1. The fourth-order valence-electron chi connectivity index (χ4n) is 2.67. The number of aliphatic hydroxyl groups is 1. The molecule has 2 heterocycles. The summed E-state index contributed by atoms with van der Waals surface area (Å²) in [6.45, 7) is 4.54. The van der Waals surface area contributed by atoms with Gasteiger partial charge in [-0.3, -0.25) is 4.90 Å². The number of hydrogen-bond acceptors (Lipinski definition) is 5. The van der Waals surface area contributed by atoms with Gasteiger partial charge in [-0.2, -0.15) is 4.98 Å². The number of benzene rings is 1. The Morgan fingerprint density at radius 1 is 1.29 bits per heavy atom. The molecule has 112 valence electrons. The summed E-state index contributed by atoms with van der Waals surface area (Å²) in [5.74, 6) is 1.39. The first-order valence-corrected chi connectivity index (χ1v) is 7.47. The third kappa shape index (κ3) is 3.68. The van der Waals surface area contributed by atoms with E-state index in [0.717, 1.165) is 31.8 Å². The third-order valence-corrected chi connectivity index (χ3v) is 4.04. The van der Waals surface area contributed by atoms with E-state index in [2.05, 4.69) is 34.1 Å². The Morgan fingerprint density at radius 2 is 2.05 bits per heavy atom. The van der Waals surface area contributed by atoms with Crippen molar-refractivity contribution >= 4 is 0 Å². The SMILES string of the molecule is Cc1ccccc1Cc1noc(CN2CCC(O)CC2)n1. The van der Waals surface area contributed by atoms with Crippen molar-refractivity contribution in [1.82, 2.24) is 15.0 Å². The molecule has 21 heavy (non-hydrogen) atoms. The summed E-state index contributed by atoms with van der Waals surface area (Å²) in [6, 6.07) is 8.25. The highest BCUT2D eigenvalue weighted by atomic mass is 16.5. The van der Waals surface area contributed by atoms with E-state index in [4.69, 9.17) is 4.52 Å². The van der Waals surface area contributed by atoms with Crippen LogP contribution >= 0.6 is 0 Å². The Bertz CT molecular complexity index is 589. The van der Waals surface area contributed by atoms with Gasteiger partial charge in [0.2, 0.25) is 5.89 Å².